The van der Waals surface area contributed by atoms with Crippen LogP contribution in [0.4, 0.5) is 13.2 Å². The number of hydrogen-bond acceptors (Lipinski definition) is 6. The van der Waals surface area contributed by atoms with Crippen LogP contribution in [0.3, 0.4) is 0 Å². The van der Waals surface area contributed by atoms with E-state index in [1.807, 2.05) is 19.1 Å². The number of aromatic nitrogens is 1. The van der Waals surface area contributed by atoms with Gasteiger partial charge in [-0.1, -0.05) is 0 Å². The van der Waals surface area contributed by atoms with Gasteiger partial charge in [-0.15, -0.1) is 0 Å². The van der Waals surface area contributed by atoms with Crippen LogP contribution in [0.1, 0.15) is 58.9 Å². The molecular weight excluding hydrogens is 554 g/mol. The van der Waals surface area contributed by atoms with Gasteiger partial charge in [0.05, 0.1) is 0 Å². The number of halogens is 3. The summed E-state index contributed by atoms with van der Waals surface area (Å²) < 4.78 is 49.4. The first-order valence-electron chi connectivity index (χ1n) is 11.2. The first-order valence-corrected chi connectivity index (χ1v) is 14.3. The molecule has 0 saturated heterocycles. The van der Waals surface area contributed by atoms with Crippen LogP contribution >= 0.6 is 11.3 Å². The van der Waals surface area contributed by atoms with E-state index in [9.17, 15) is 22.8 Å². The van der Waals surface area contributed by atoms with Crippen molar-refractivity contribution >= 4 is 37.6 Å². The molecule has 0 bridgehead atoms. The molecule has 1 heterocycles. The average Bonchev–Trinajstić information content (AvgIpc) is 3.20. The van der Waals surface area contributed by atoms with Crippen molar-refractivity contribution in [1.82, 2.24) is 4.98 Å². The molecule has 10 heteroatoms. The Morgan fingerprint density at radius 2 is 1.67 bits per heavy atom. The Hall–Kier alpha value is -2.64. The van der Waals surface area contributed by atoms with Crippen molar-refractivity contribution in [3.05, 3.63) is 70.2 Å². The predicted octanol–water partition coefficient (Wildman–Crippen LogP) is 6.20. The quantitative estimate of drug-likeness (QED) is 0.223. The fourth-order valence-electron chi connectivity index (χ4n) is 3.34. The third-order valence-electron chi connectivity index (χ3n) is 5.33. The number of carbonyl (C=O) groups is 2. The summed E-state index contributed by atoms with van der Waals surface area (Å²) in [5.74, 6) is 0.0742. The van der Waals surface area contributed by atoms with Gasteiger partial charge >= 0.3 is 219 Å². The summed E-state index contributed by atoms with van der Waals surface area (Å²) in [6.45, 7) is 9.02. The number of alkyl halides is 3. The molecule has 36 heavy (non-hydrogen) atoms. The van der Waals surface area contributed by atoms with E-state index in [-0.39, 0.29) is 15.9 Å². The van der Waals surface area contributed by atoms with Crippen LogP contribution in [0, 0.1) is 6.92 Å². The van der Waals surface area contributed by atoms with Crippen molar-refractivity contribution in [3.8, 4) is 16.3 Å². The molecule has 5 nitrogen and oxygen atoms in total. The molecule has 1 aromatic heterocycles. The zero-order chi connectivity index (χ0) is 26.7. The number of benzene rings is 2. The van der Waals surface area contributed by atoms with Gasteiger partial charge in [0.25, 0.3) is 0 Å². The van der Waals surface area contributed by atoms with Crippen molar-refractivity contribution in [1.29, 1.82) is 0 Å². The maximum absolute atomic E-state index is 13.1. The zero-order valence-corrected chi connectivity index (χ0v) is 23.4. The van der Waals surface area contributed by atoms with Crippen LogP contribution in [0.15, 0.2) is 48.5 Å². The van der Waals surface area contributed by atoms with Crippen LogP contribution in [0.2, 0.25) is 0 Å². The van der Waals surface area contributed by atoms with Gasteiger partial charge in [0.1, 0.15) is 0 Å². The molecule has 0 amide bonds. The van der Waals surface area contributed by atoms with Crippen LogP contribution < -0.4 is 4.74 Å². The van der Waals surface area contributed by atoms with Crippen molar-refractivity contribution in [3.63, 3.8) is 0 Å². The second-order valence-corrected chi connectivity index (χ2v) is 13.0. The van der Waals surface area contributed by atoms with Gasteiger partial charge in [0, 0.05) is 0 Å². The average molecular weight is 581 g/mol. The van der Waals surface area contributed by atoms with E-state index in [1.54, 1.807) is 39.8 Å². The Labute approximate surface area is 218 Å². The van der Waals surface area contributed by atoms with E-state index in [4.69, 9.17) is 9.47 Å². The Morgan fingerprint density at radius 1 is 1.06 bits per heavy atom. The Balaban J connectivity index is 1.67. The van der Waals surface area contributed by atoms with Crippen LogP contribution in [0.5, 0.6) is 5.75 Å². The molecule has 3 rings (SSSR count). The van der Waals surface area contributed by atoms with Crippen LogP contribution in [-0.4, -0.2) is 43.5 Å². The Kier molecular flexibility index (Phi) is 8.67. The van der Waals surface area contributed by atoms with Crippen LogP contribution in [-0.2, 0) is 15.7 Å². The van der Waals surface area contributed by atoms with Crippen molar-refractivity contribution in [2.24, 2.45) is 0 Å². The van der Waals surface area contributed by atoms with Gasteiger partial charge in [-0.3, -0.25) is 0 Å². The monoisotopic (exact) mass is 581 g/mol. The first kappa shape index (κ1) is 27.9. The molecule has 192 valence electrons. The van der Waals surface area contributed by atoms with E-state index >= 15 is 0 Å². The minimum absolute atomic E-state index is 0.0284. The number of carbonyl (C=O) groups excluding carboxylic acids is 2. The molecule has 0 saturated carbocycles. The molecule has 0 aliphatic heterocycles. The van der Waals surface area contributed by atoms with E-state index in [0.717, 1.165) is 17.7 Å². The number of ether oxygens (including phenoxy) is 2. The van der Waals surface area contributed by atoms with E-state index in [2.05, 4.69) is 4.98 Å². The molecule has 0 aliphatic carbocycles. The summed E-state index contributed by atoms with van der Waals surface area (Å²) in [6, 6.07) is 12.1. The second kappa shape index (κ2) is 11.2. The van der Waals surface area contributed by atoms with Crippen LogP contribution in [0.25, 0.3) is 10.6 Å². The summed E-state index contributed by atoms with van der Waals surface area (Å²) >= 11 is 0.114. The fraction of sp³-hybridized carbons (Fsp3) is 0.346. The number of nitrogens with zero attached hydrogens (tertiary/aromatic N) is 1. The molecule has 0 radical (unpaired) electrons. The van der Waals surface area contributed by atoms with Gasteiger partial charge < -0.3 is 0 Å². The number of hydrogen-bond donors (Lipinski definition) is 0. The summed E-state index contributed by atoms with van der Waals surface area (Å²) in [5, 5.41) is 0.523. The topological polar surface area (TPSA) is 65.5 Å². The summed E-state index contributed by atoms with van der Waals surface area (Å²) in [4.78, 5) is 30.1. The molecule has 0 spiro atoms. The van der Waals surface area contributed by atoms with Crippen molar-refractivity contribution in [2.75, 3.05) is 6.61 Å². The second-order valence-electron chi connectivity index (χ2n) is 8.61. The fourth-order valence-corrected chi connectivity index (χ4v) is 7.12. The Bertz CT molecular complexity index is 1220. The minimum atomic E-state index is -4.40. The summed E-state index contributed by atoms with van der Waals surface area (Å²) in [5.41, 5.74) is 0.263. The normalized spacial score (nSPS) is 13.1. The molecule has 0 aliphatic rings. The zero-order valence-electron chi connectivity index (χ0n) is 20.5. The third-order valence-corrected chi connectivity index (χ3v) is 9.60. The first-order chi connectivity index (χ1) is 16.8. The molecule has 2 aromatic carbocycles. The predicted molar refractivity (Wildman–Crippen MR) is 135 cm³/mol. The Morgan fingerprint density at radius 3 is 2.22 bits per heavy atom. The van der Waals surface area contributed by atoms with E-state index in [1.165, 1.54) is 23.5 Å². The van der Waals surface area contributed by atoms with Gasteiger partial charge in [0.2, 0.25) is 0 Å². The maximum atomic E-state index is 13.1. The number of thiazole rings is 1. The molecule has 2 unspecified atom stereocenters. The number of rotatable bonds is 9. The van der Waals surface area contributed by atoms with Gasteiger partial charge in [-0.05, 0) is 0 Å². The number of esters is 1. The molecule has 2 atom stereocenters. The van der Waals surface area contributed by atoms with Gasteiger partial charge in [0.15, 0.2) is 0 Å². The van der Waals surface area contributed by atoms with Gasteiger partial charge in [-0.25, -0.2) is 0 Å². The molecule has 0 fully saturated rings. The molecule has 3 aromatic rings. The van der Waals surface area contributed by atoms with Gasteiger partial charge in [-0.2, -0.15) is 0 Å². The van der Waals surface area contributed by atoms with E-state index in [0.29, 0.717) is 26.9 Å². The molecule has 0 N–H and O–H groups in total. The SMILES string of the molecule is CCOC(=O)C(C)(C)Oc1ccc(C(C)[AsH]C(=O)c2sc(-c3ccc(C(F)(F)F)cc3)nc2C)cc1. The third kappa shape index (κ3) is 6.77. The molecular formula is C26H27AsF3NO4S. The van der Waals surface area contributed by atoms with Crippen molar-refractivity contribution in [2.45, 2.75) is 51.1 Å². The summed E-state index contributed by atoms with van der Waals surface area (Å²) in [7, 11) is 0. The van der Waals surface area contributed by atoms with E-state index < -0.39 is 39.1 Å². The summed E-state index contributed by atoms with van der Waals surface area (Å²) in [6.07, 6.45) is -4.40. The van der Waals surface area contributed by atoms with Crippen molar-refractivity contribution < 1.29 is 32.2 Å². The standard InChI is InChI=1S/C26H27AsF3NO4S/c1-6-34-24(33)25(4,5)35-20-13-9-17(10-14-20)15(2)27-22(32)21-16(3)31-23(36-21)18-7-11-19(12-8-18)26(28,29)30/h7-15,27H,6H2,1-5H3. The number of aryl methyl sites for hydroxylation is 1.